The predicted molar refractivity (Wildman–Crippen MR) is 91.9 cm³/mol. The van der Waals surface area contributed by atoms with Crippen LogP contribution in [-0.2, 0) is 11.2 Å². The Hall–Kier alpha value is -2.21. The highest BCUT2D eigenvalue weighted by Gasteiger charge is 2.38. The number of hydrogen-bond donors (Lipinski definition) is 1. The highest BCUT2D eigenvalue weighted by Crippen LogP contribution is 2.24. The summed E-state index contributed by atoms with van der Waals surface area (Å²) in [6, 6.07) is 10.5. The molecule has 1 aliphatic heterocycles. The minimum absolute atomic E-state index is 0.0584. The second-order valence-electron chi connectivity index (χ2n) is 6.48. The molecule has 0 bridgehead atoms. The molecule has 124 valence electrons. The molecule has 6 heteroatoms. The Morgan fingerprint density at radius 3 is 2.67 bits per heavy atom. The van der Waals surface area contributed by atoms with Crippen molar-refractivity contribution in [2.75, 3.05) is 13.1 Å². The van der Waals surface area contributed by atoms with Crippen LogP contribution in [0, 0.1) is 5.92 Å². The largest absolute Gasteiger partial charge is 0.353 e. The zero-order valence-corrected chi connectivity index (χ0v) is 14.1. The molecule has 1 aromatic carbocycles. The van der Waals surface area contributed by atoms with E-state index < -0.39 is 0 Å². The van der Waals surface area contributed by atoms with Gasteiger partial charge in [-0.2, -0.15) is 0 Å². The van der Waals surface area contributed by atoms with E-state index in [2.05, 4.69) is 22.4 Å². The Bertz CT molecular complexity index is 749. The molecular formula is C18H19N3O2S. The lowest BCUT2D eigenvalue weighted by molar-refractivity contribution is -0.129. The van der Waals surface area contributed by atoms with Crippen LogP contribution in [0.5, 0.6) is 0 Å². The molecular weight excluding hydrogens is 322 g/mol. The lowest BCUT2D eigenvalue weighted by atomic mass is 9.98. The molecule has 2 fully saturated rings. The van der Waals surface area contributed by atoms with Gasteiger partial charge in [-0.15, -0.1) is 11.3 Å². The number of nitrogens with zero attached hydrogens (tertiary/aromatic N) is 2. The quantitative estimate of drug-likeness (QED) is 0.906. The van der Waals surface area contributed by atoms with E-state index in [-0.39, 0.29) is 17.7 Å². The number of benzene rings is 1. The molecule has 4 rings (SSSR count). The number of rotatable bonds is 5. The molecule has 0 radical (unpaired) electrons. The van der Waals surface area contributed by atoms with Gasteiger partial charge in [0, 0.05) is 30.9 Å². The van der Waals surface area contributed by atoms with Crippen LogP contribution in [0.4, 0.5) is 0 Å². The van der Waals surface area contributed by atoms with Crippen LogP contribution in [-0.4, -0.2) is 40.8 Å². The fourth-order valence-electron chi connectivity index (χ4n) is 2.78. The molecule has 2 aliphatic rings. The fourth-order valence-corrected chi connectivity index (χ4v) is 3.58. The Balaban J connectivity index is 1.32. The maximum Gasteiger partial charge on any atom is 0.273 e. The van der Waals surface area contributed by atoms with Crippen LogP contribution < -0.4 is 5.32 Å². The van der Waals surface area contributed by atoms with Gasteiger partial charge in [-0.25, -0.2) is 4.98 Å². The van der Waals surface area contributed by atoms with E-state index in [1.807, 2.05) is 23.6 Å². The monoisotopic (exact) mass is 341 g/mol. The average Bonchev–Trinajstić information content (AvgIpc) is 3.22. The Labute approximate surface area is 144 Å². The van der Waals surface area contributed by atoms with Crippen molar-refractivity contribution in [3.63, 3.8) is 0 Å². The number of nitrogens with one attached hydrogen (secondary N) is 1. The van der Waals surface area contributed by atoms with Gasteiger partial charge in [0.25, 0.3) is 5.91 Å². The van der Waals surface area contributed by atoms with Crippen molar-refractivity contribution in [2.45, 2.75) is 25.3 Å². The highest BCUT2D eigenvalue weighted by molar-refractivity contribution is 7.09. The number of thiazole rings is 1. The second-order valence-corrected chi connectivity index (χ2v) is 7.42. The summed E-state index contributed by atoms with van der Waals surface area (Å²) in [7, 11) is 0. The summed E-state index contributed by atoms with van der Waals surface area (Å²) in [5.41, 5.74) is 1.68. The molecule has 0 spiro atoms. The van der Waals surface area contributed by atoms with E-state index in [0.717, 1.165) is 24.3 Å². The normalized spacial score (nSPS) is 17.4. The average molecular weight is 341 g/mol. The van der Waals surface area contributed by atoms with E-state index in [0.29, 0.717) is 24.8 Å². The lowest BCUT2D eigenvalue weighted by Crippen LogP contribution is -2.56. The number of carbonyl (C=O) groups is 2. The molecule has 2 amide bonds. The summed E-state index contributed by atoms with van der Waals surface area (Å²) in [5, 5.41) is 5.75. The summed E-state index contributed by atoms with van der Waals surface area (Å²) in [6.07, 6.45) is 2.92. The third-order valence-corrected chi connectivity index (χ3v) is 5.28. The van der Waals surface area contributed by atoms with Crippen molar-refractivity contribution in [1.82, 2.24) is 15.2 Å². The van der Waals surface area contributed by atoms with Gasteiger partial charge in [-0.05, 0) is 18.4 Å². The summed E-state index contributed by atoms with van der Waals surface area (Å²) >= 11 is 1.51. The Morgan fingerprint density at radius 2 is 1.96 bits per heavy atom. The van der Waals surface area contributed by atoms with E-state index in [4.69, 9.17) is 0 Å². The van der Waals surface area contributed by atoms with Crippen LogP contribution in [0.15, 0.2) is 35.7 Å². The third kappa shape index (κ3) is 3.33. The van der Waals surface area contributed by atoms with Gasteiger partial charge < -0.3 is 10.2 Å². The first-order valence-electron chi connectivity index (χ1n) is 8.27. The maximum absolute atomic E-state index is 12.4. The van der Waals surface area contributed by atoms with Crippen molar-refractivity contribution >= 4 is 23.2 Å². The molecule has 1 N–H and O–H groups in total. The maximum atomic E-state index is 12.4. The zero-order valence-electron chi connectivity index (χ0n) is 13.3. The van der Waals surface area contributed by atoms with Crippen LogP contribution in [0.25, 0.3) is 0 Å². The van der Waals surface area contributed by atoms with Gasteiger partial charge in [0.05, 0.1) is 10.9 Å². The van der Waals surface area contributed by atoms with Gasteiger partial charge in [0.15, 0.2) is 0 Å². The predicted octanol–water partition coefficient (Wildman–Crippen LogP) is 2.08. The topological polar surface area (TPSA) is 62.3 Å². The molecule has 1 saturated heterocycles. The summed E-state index contributed by atoms with van der Waals surface area (Å²) in [6.45, 7) is 1.01. The molecule has 2 aromatic rings. The van der Waals surface area contributed by atoms with Gasteiger partial charge >= 0.3 is 0 Å². The molecule has 1 aliphatic carbocycles. The molecule has 24 heavy (non-hydrogen) atoms. The van der Waals surface area contributed by atoms with Gasteiger partial charge in [0.2, 0.25) is 5.91 Å². The minimum atomic E-state index is -0.0685. The SMILES string of the molecule is O=C(NC1CC1)C1CN(C(=O)c2csc(Cc3ccccc3)n2)C1. The highest BCUT2D eigenvalue weighted by atomic mass is 32.1. The van der Waals surface area contributed by atoms with E-state index in [1.54, 1.807) is 4.90 Å². The smallest absolute Gasteiger partial charge is 0.273 e. The summed E-state index contributed by atoms with van der Waals surface area (Å²) < 4.78 is 0. The number of carbonyl (C=O) groups excluding carboxylic acids is 2. The minimum Gasteiger partial charge on any atom is -0.353 e. The molecule has 5 nitrogen and oxygen atoms in total. The van der Waals surface area contributed by atoms with Crippen molar-refractivity contribution in [3.05, 3.63) is 52.0 Å². The first-order chi connectivity index (χ1) is 11.7. The molecule has 0 atom stereocenters. The lowest BCUT2D eigenvalue weighted by Gasteiger charge is -2.37. The van der Waals surface area contributed by atoms with Gasteiger partial charge in [-0.1, -0.05) is 30.3 Å². The van der Waals surface area contributed by atoms with E-state index in [9.17, 15) is 9.59 Å². The number of hydrogen-bond acceptors (Lipinski definition) is 4. The van der Waals surface area contributed by atoms with Gasteiger partial charge in [-0.3, -0.25) is 9.59 Å². The zero-order chi connectivity index (χ0) is 16.5. The van der Waals surface area contributed by atoms with Crippen LogP contribution in [0.3, 0.4) is 0 Å². The number of likely N-dealkylation sites (tertiary alicyclic amines) is 1. The van der Waals surface area contributed by atoms with Crippen molar-refractivity contribution in [2.24, 2.45) is 5.92 Å². The molecule has 0 unspecified atom stereocenters. The van der Waals surface area contributed by atoms with Crippen LogP contribution >= 0.6 is 11.3 Å². The van der Waals surface area contributed by atoms with E-state index >= 15 is 0 Å². The number of amides is 2. The van der Waals surface area contributed by atoms with Crippen molar-refractivity contribution in [1.29, 1.82) is 0 Å². The molecule has 1 saturated carbocycles. The Kier molecular flexibility index (Phi) is 4.06. The van der Waals surface area contributed by atoms with Crippen LogP contribution in [0.1, 0.15) is 33.9 Å². The number of aromatic nitrogens is 1. The molecule has 2 heterocycles. The van der Waals surface area contributed by atoms with E-state index in [1.165, 1.54) is 16.9 Å². The van der Waals surface area contributed by atoms with Crippen molar-refractivity contribution in [3.8, 4) is 0 Å². The van der Waals surface area contributed by atoms with Crippen LogP contribution in [0.2, 0.25) is 0 Å². The molecule has 1 aromatic heterocycles. The second kappa shape index (κ2) is 6.36. The summed E-state index contributed by atoms with van der Waals surface area (Å²) in [5.74, 6) is -0.0393. The van der Waals surface area contributed by atoms with Gasteiger partial charge in [0.1, 0.15) is 5.69 Å². The first-order valence-corrected chi connectivity index (χ1v) is 9.15. The first kappa shape index (κ1) is 15.3. The standard InChI is InChI=1S/C18H19N3O2S/c22-17(19-14-6-7-14)13-9-21(10-13)18(23)15-11-24-16(20-15)8-12-4-2-1-3-5-12/h1-5,11,13-14H,6-10H2,(H,19,22). The summed E-state index contributed by atoms with van der Waals surface area (Å²) in [4.78, 5) is 30.5. The van der Waals surface area contributed by atoms with Crippen molar-refractivity contribution < 1.29 is 9.59 Å². The third-order valence-electron chi connectivity index (χ3n) is 4.43. The fraction of sp³-hybridized carbons (Fsp3) is 0.389. The Morgan fingerprint density at radius 1 is 1.21 bits per heavy atom.